The zero-order chi connectivity index (χ0) is 11.2. The first-order valence-corrected chi connectivity index (χ1v) is 6.22. The molecule has 0 spiro atoms. The summed E-state index contributed by atoms with van der Waals surface area (Å²) >= 11 is 0. The van der Waals surface area contributed by atoms with E-state index in [9.17, 15) is 0 Å². The van der Waals surface area contributed by atoms with E-state index in [2.05, 4.69) is 20.2 Å². The summed E-state index contributed by atoms with van der Waals surface area (Å²) in [6.45, 7) is 4.64. The maximum atomic E-state index is 4.05. The Morgan fingerprint density at radius 1 is 1.50 bits per heavy atom. The van der Waals surface area contributed by atoms with Gasteiger partial charge in [-0.2, -0.15) is 0 Å². The van der Waals surface area contributed by atoms with Crippen LogP contribution in [0.1, 0.15) is 25.0 Å². The maximum absolute atomic E-state index is 4.05. The third-order valence-electron chi connectivity index (χ3n) is 3.46. The number of likely N-dealkylation sites (tertiary alicyclic amines) is 1. The number of hydrogen-bond acceptors (Lipinski definition) is 3. The highest BCUT2D eigenvalue weighted by Crippen LogP contribution is 2.20. The molecule has 2 N–H and O–H groups in total. The summed E-state index contributed by atoms with van der Waals surface area (Å²) in [6.07, 6.45) is 7.70. The van der Waals surface area contributed by atoms with Gasteiger partial charge in [-0.15, -0.1) is 0 Å². The van der Waals surface area contributed by atoms with E-state index in [0.29, 0.717) is 0 Å². The van der Waals surface area contributed by atoms with Crippen molar-refractivity contribution in [1.82, 2.24) is 20.2 Å². The molecule has 2 heterocycles. The largest absolute Gasteiger partial charge is 0.347 e. The minimum Gasteiger partial charge on any atom is -0.347 e. The van der Waals surface area contributed by atoms with Crippen LogP contribution >= 0.6 is 0 Å². The van der Waals surface area contributed by atoms with Gasteiger partial charge < -0.3 is 10.3 Å². The Morgan fingerprint density at radius 3 is 2.94 bits per heavy atom. The number of aromatic amines is 1. The molecular formula is C12H22N4. The van der Waals surface area contributed by atoms with Crippen LogP contribution in [0.3, 0.4) is 0 Å². The molecule has 2 rings (SSSR count). The van der Waals surface area contributed by atoms with Crippen LogP contribution in [0.5, 0.6) is 0 Å². The molecule has 1 saturated heterocycles. The van der Waals surface area contributed by atoms with Gasteiger partial charge in [-0.1, -0.05) is 0 Å². The van der Waals surface area contributed by atoms with E-state index in [4.69, 9.17) is 0 Å². The first-order chi connectivity index (χ1) is 7.88. The van der Waals surface area contributed by atoms with Crippen LogP contribution in [-0.4, -0.2) is 41.5 Å². The number of hydrogen-bond donors (Lipinski definition) is 2. The van der Waals surface area contributed by atoms with Gasteiger partial charge in [0.15, 0.2) is 0 Å². The third kappa shape index (κ3) is 3.32. The van der Waals surface area contributed by atoms with Crippen LogP contribution in [0.25, 0.3) is 0 Å². The molecular weight excluding hydrogens is 200 g/mol. The smallest absolute Gasteiger partial charge is 0.0922 e. The van der Waals surface area contributed by atoms with Gasteiger partial charge >= 0.3 is 0 Å². The summed E-state index contributed by atoms with van der Waals surface area (Å²) in [5.41, 5.74) is 1.23. The van der Waals surface area contributed by atoms with Gasteiger partial charge in [0.05, 0.1) is 6.33 Å². The van der Waals surface area contributed by atoms with E-state index in [-0.39, 0.29) is 0 Å². The molecule has 1 aromatic rings. The van der Waals surface area contributed by atoms with Crippen LogP contribution in [0.15, 0.2) is 12.5 Å². The number of aromatic nitrogens is 2. The summed E-state index contributed by atoms with van der Waals surface area (Å²) in [5.74, 6) is 0.922. The Kier molecular flexibility index (Phi) is 4.36. The molecule has 0 radical (unpaired) electrons. The van der Waals surface area contributed by atoms with E-state index in [1.807, 2.05) is 13.2 Å². The fourth-order valence-corrected chi connectivity index (χ4v) is 2.39. The first-order valence-electron chi connectivity index (χ1n) is 6.22. The Balaban J connectivity index is 1.69. The second kappa shape index (κ2) is 6.01. The van der Waals surface area contributed by atoms with Crippen molar-refractivity contribution in [2.45, 2.75) is 25.8 Å². The van der Waals surface area contributed by atoms with Gasteiger partial charge in [0.25, 0.3) is 0 Å². The maximum Gasteiger partial charge on any atom is 0.0922 e. The molecule has 4 nitrogen and oxygen atoms in total. The van der Waals surface area contributed by atoms with Crippen molar-refractivity contribution < 1.29 is 0 Å². The highest BCUT2D eigenvalue weighted by atomic mass is 15.1. The van der Waals surface area contributed by atoms with Gasteiger partial charge in [-0.05, 0) is 51.9 Å². The molecule has 0 aliphatic carbocycles. The van der Waals surface area contributed by atoms with Gasteiger partial charge in [0.1, 0.15) is 0 Å². The summed E-state index contributed by atoms with van der Waals surface area (Å²) in [7, 11) is 2.04. The first kappa shape index (κ1) is 11.6. The zero-order valence-electron chi connectivity index (χ0n) is 10.1. The molecule has 90 valence electrons. The second-order valence-electron chi connectivity index (χ2n) is 4.69. The lowest BCUT2D eigenvalue weighted by Crippen LogP contribution is -2.34. The fraction of sp³-hybridized carbons (Fsp3) is 0.750. The lowest BCUT2D eigenvalue weighted by atomic mass is 9.93. The summed E-state index contributed by atoms with van der Waals surface area (Å²) in [6, 6.07) is 0. The van der Waals surface area contributed by atoms with E-state index in [0.717, 1.165) is 19.0 Å². The van der Waals surface area contributed by atoms with Gasteiger partial charge in [-0.25, -0.2) is 4.98 Å². The van der Waals surface area contributed by atoms with Gasteiger partial charge in [0.2, 0.25) is 0 Å². The average molecular weight is 222 g/mol. The summed E-state index contributed by atoms with van der Waals surface area (Å²) < 4.78 is 0. The molecule has 16 heavy (non-hydrogen) atoms. The average Bonchev–Trinajstić information content (AvgIpc) is 2.81. The lowest BCUT2D eigenvalue weighted by molar-refractivity contribution is 0.171. The monoisotopic (exact) mass is 222 g/mol. The standard InChI is InChI=1S/C12H22N4/c1-13-5-2-11-3-6-16(7-4-11)9-12-8-14-10-15-12/h8,10-11,13H,2-7,9H2,1H3,(H,14,15). The lowest BCUT2D eigenvalue weighted by Gasteiger charge is -2.31. The van der Waals surface area contributed by atoms with Gasteiger partial charge in [0, 0.05) is 18.4 Å². The molecule has 0 bridgehead atoms. The van der Waals surface area contributed by atoms with Gasteiger partial charge in [-0.3, -0.25) is 4.90 Å². The molecule has 1 aliphatic heterocycles. The van der Waals surface area contributed by atoms with Crippen molar-refractivity contribution in [3.05, 3.63) is 18.2 Å². The molecule has 0 amide bonds. The van der Waals surface area contributed by atoms with Crippen molar-refractivity contribution in [1.29, 1.82) is 0 Å². The summed E-state index contributed by atoms with van der Waals surface area (Å²) in [5, 5.41) is 3.24. The number of nitrogens with one attached hydrogen (secondary N) is 2. The second-order valence-corrected chi connectivity index (χ2v) is 4.69. The molecule has 0 saturated carbocycles. The van der Waals surface area contributed by atoms with Crippen LogP contribution in [0, 0.1) is 5.92 Å². The van der Waals surface area contributed by atoms with E-state index in [1.54, 1.807) is 6.33 Å². The highest BCUT2D eigenvalue weighted by molar-refractivity contribution is 4.94. The van der Waals surface area contributed by atoms with E-state index >= 15 is 0 Å². The minimum atomic E-state index is 0.922. The van der Waals surface area contributed by atoms with E-state index < -0.39 is 0 Å². The third-order valence-corrected chi connectivity index (χ3v) is 3.46. The summed E-state index contributed by atoms with van der Waals surface area (Å²) in [4.78, 5) is 9.74. The molecule has 0 atom stereocenters. The van der Waals surface area contributed by atoms with Crippen LogP contribution < -0.4 is 5.32 Å². The number of rotatable bonds is 5. The Morgan fingerprint density at radius 2 is 2.31 bits per heavy atom. The fourth-order valence-electron chi connectivity index (χ4n) is 2.39. The van der Waals surface area contributed by atoms with Crippen molar-refractivity contribution >= 4 is 0 Å². The van der Waals surface area contributed by atoms with Crippen molar-refractivity contribution in [3.63, 3.8) is 0 Å². The molecule has 0 unspecified atom stereocenters. The number of nitrogens with zero attached hydrogens (tertiary/aromatic N) is 2. The van der Waals surface area contributed by atoms with E-state index in [1.165, 1.54) is 38.0 Å². The van der Waals surface area contributed by atoms with Crippen LogP contribution in [-0.2, 0) is 6.54 Å². The number of piperidine rings is 1. The Labute approximate surface area is 97.4 Å². The normalized spacial score (nSPS) is 19.1. The number of H-pyrrole nitrogens is 1. The molecule has 0 aromatic carbocycles. The van der Waals surface area contributed by atoms with Crippen molar-refractivity contribution in [3.8, 4) is 0 Å². The van der Waals surface area contributed by atoms with Crippen molar-refractivity contribution in [2.75, 3.05) is 26.7 Å². The molecule has 1 fully saturated rings. The highest BCUT2D eigenvalue weighted by Gasteiger charge is 2.18. The molecule has 1 aromatic heterocycles. The molecule has 1 aliphatic rings. The topological polar surface area (TPSA) is 44.0 Å². The van der Waals surface area contributed by atoms with Crippen LogP contribution in [0.4, 0.5) is 0 Å². The quantitative estimate of drug-likeness (QED) is 0.787. The Hall–Kier alpha value is -0.870. The SMILES string of the molecule is CNCCC1CCN(Cc2cnc[nH]2)CC1. The van der Waals surface area contributed by atoms with Crippen molar-refractivity contribution in [2.24, 2.45) is 5.92 Å². The van der Waals surface area contributed by atoms with Crippen LogP contribution in [0.2, 0.25) is 0 Å². The molecule has 4 heteroatoms. The Bertz CT molecular complexity index is 275. The predicted octanol–water partition coefficient (Wildman–Crippen LogP) is 1.23. The number of imidazole rings is 1. The minimum absolute atomic E-state index is 0.922. The predicted molar refractivity (Wildman–Crippen MR) is 65.1 cm³/mol. The zero-order valence-corrected chi connectivity index (χ0v) is 10.1.